The summed E-state index contributed by atoms with van der Waals surface area (Å²) in [6.07, 6.45) is 4.97. The van der Waals surface area contributed by atoms with Crippen LogP contribution in [-0.2, 0) is 7.05 Å². The Hall–Kier alpha value is -1.93. The molecule has 1 aromatic carbocycles. The number of hydrogen-bond donors (Lipinski definition) is 2. The third-order valence-electron chi connectivity index (χ3n) is 3.09. The van der Waals surface area contributed by atoms with Crippen LogP contribution in [0.4, 0.5) is 0 Å². The molecule has 3 rings (SSSR count). The SMILES string of the molecule is Cn1ncc2c(=O)[nH]c(/C=C/c3cc(Br)c(O)c(Br)c3)nc21. The maximum absolute atomic E-state index is 11.9. The fourth-order valence-corrected chi connectivity index (χ4v) is 3.21. The van der Waals surface area contributed by atoms with Crippen LogP contribution in [0, 0.1) is 0 Å². The van der Waals surface area contributed by atoms with E-state index in [1.165, 1.54) is 6.20 Å². The molecule has 0 spiro atoms. The number of nitrogens with zero attached hydrogens (tertiary/aromatic N) is 3. The molecule has 0 saturated heterocycles. The Morgan fingerprint density at radius 2 is 1.95 bits per heavy atom. The summed E-state index contributed by atoms with van der Waals surface area (Å²) in [6.45, 7) is 0. The largest absolute Gasteiger partial charge is 0.506 e. The smallest absolute Gasteiger partial charge is 0.262 e. The van der Waals surface area contributed by atoms with Crippen molar-refractivity contribution in [2.45, 2.75) is 0 Å². The lowest BCUT2D eigenvalue weighted by atomic mass is 10.2. The first-order valence-corrected chi connectivity index (χ1v) is 7.82. The van der Waals surface area contributed by atoms with E-state index in [4.69, 9.17) is 0 Å². The molecule has 2 aromatic heterocycles. The van der Waals surface area contributed by atoms with Crippen molar-refractivity contribution in [3.05, 3.63) is 49.0 Å². The summed E-state index contributed by atoms with van der Waals surface area (Å²) >= 11 is 6.55. The Kier molecular flexibility index (Phi) is 3.88. The minimum absolute atomic E-state index is 0.139. The standard InChI is InChI=1S/C14H10Br2N4O2/c1-20-13-8(6-17-20)14(22)19-11(18-13)3-2-7-4-9(15)12(21)10(16)5-7/h2-6,21H,1H3,(H,18,19,22)/b3-2+. The van der Waals surface area contributed by atoms with Crippen LogP contribution in [0.5, 0.6) is 5.75 Å². The number of nitrogens with one attached hydrogen (secondary N) is 1. The summed E-state index contributed by atoms with van der Waals surface area (Å²) in [6, 6.07) is 3.52. The molecule has 2 N–H and O–H groups in total. The zero-order valence-corrected chi connectivity index (χ0v) is 14.5. The van der Waals surface area contributed by atoms with Crippen molar-refractivity contribution in [2.75, 3.05) is 0 Å². The highest BCUT2D eigenvalue weighted by Crippen LogP contribution is 2.33. The first-order chi connectivity index (χ1) is 10.5. The van der Waals surface area contributed by atoms with Crippen LogP contribution in [0.3, 0.4) is 0 Å². The second-order valence-corrected chi connectivity index (χ2v) is 6.33. The van der Waals surface area contributed by atoms with Gasteiger partial charge in [-0.05, 0) is 55.6 Å². The van der Waals surface area contributed by atoms with Crippen LogP contribution >= 0.6 is 31.9 Å². The van der Waals surface area contributed by atoms with Crippen molar-refractivity contribution in [3.8, 4) is 5.75 Å². The highest BCUT2D eigenvalue weighted by atomic mass is 79.9. The quantitative estimate of drug-likeness (QED) is 0.660. The molecule has 0 amide bonds. The summed E-state index contributed by atoms with van der Waals surface area (Å²) in [4.78, 5) is 19.0. The second kappa shape index (κ2) is 5.69. The number of rotatable bonds is 2. The summed E-state index contributed by atoms with van der Waals surface area (Å²) in [7, 11) is 1.73. The van der Waals surface area contributed by atoms with Crippen LogP contribution in [0.1, 0.15) is 11.4 Å². The van der Waals surface area contributed by atoms with E-state index in [0.29, 0.717) is 25.8 Å². The van der Waals surface area contributed by atoms with Gasteiger partial charge in [0.15, 0.2) is 5.65 Å². The molecule has 8 heteroatoms. The van der Waals surface area contributed by atoms with E-state index < -0.39 is 0 Å². The molecule has 0 atom stereocenters. The molecule has 6 nitrogen and oxygen atoms in total. The highest BCUT2D eigenvalue weighted by molar-refractivity contribution is 9.11. The number of H-pyrrole nitrogens is 1. The van der Waals surface area contributed by atoms with E-state index in [2.05, 4.69) is 46.9 Å². The molecule has 0 saturated carbocycles. The van der Waals surface area contributed by atoms with Gasteiger partial charge < -0.3 is 10.1 Å². The first-order valence-electron chi connectivity index (χ1n) is 6.24. The fraction of sp³-hybridized carbons (Fsp3) is 0.0714. The van der Waals surface area contributed by atoms with Gasteiger partial charge in [-0.15, -0.1) is 0 Å². The zero-order chi connectivity index (χ0) is 15.9. The molecule has 22 heavy (non-hydrogen) atoms. The molecule has 0 aliphatic carbocycles. The average Bonchev–Trinajstić information content (AvgIpc) is 2.84. The summed E-state index contributed by atoms with van der Waals surface area (Å²) in [5, 5.41) is 14.2. The van der Waals surface area contributed by atoms with Gasteiger partial charge >= 0.3 is 0 Å². The molecule has 112 valence electrons. The Morgan fingerprint density at radius 3 is 2.64 bits per heavy atom. The molecule has 0 radical (unpaired) electrons. The predicted molar refractivity (Wildman–Crippen MR) is 91.6 cm³/mol. The maximum Gasteiger partial charge on any atom is 0.262 e. The zero-order valence-electron chi connectivity index (χ0n) is 11.3. The monoisotopic (exact) mass is 424 g/mol. The van der Waals surface area contributed by atoms with Gasteiger partial charge in [-0.1, -0.05) is 6.08 Å². The highest BCUT2D eigenvalue weighted by Gasteiger charge is 2.07. The third-order valence-corrected chi connectivity index (χ3v) is 4.30. The summed E-state index contributed by atoms with van der Waals surface area (Å²) in [5.74, 6) is 0.571. The number of phenolic OH excluding ortho intramolecular Hbond substituents is 1. The Morgan fingerprint density at radius 1 is 1.27 bits per heavy atom. The summed E-state index contributed by atoms with van der Waals surface area (Å²) < 4.78 is 2.70. The number of halogens is 2. The van der Waals surface area contributed by atoms with Gasteiger partial charge in [-0.3, -0.25) is 9.48 Å². The molecular weight excluding hydrogens is 416 g/mol. The topological polar surface area (TPSA) is 83.8 Å². The van der Waals surface area contributed by atoms with E-state index in [0.717, 1.165) is 5.56 Å². The average molecular weight is 426 g/mol. The normalized spacial score (nSPS) is 11.6. The number of hydrogen-bond acceptors (Lipinski definition) is 4. The lowest BCUT2D eigenvalue weighted by Gasteiger charge is -2.02. The van der Waals surface area contributed by atoms with Crippen molar-refractivity contribution >= 4 is 55.0 Å². The van der Waals surface area contributed by atoms with Crippen LogP contribution < -0.4 is 5.56 Å². The molecule has 0 bridgehead atoms. The van der Waals surface area contributed by atoms with Crippen molar-refractivity contribution in [1.82, 2.24) is 19.7 Å². The third kappa shape index (κ3) is 2.71. The van der Waals surface area contributed by atoms with Gasteiger partial charge in [0.1, 0.15) is 17.0 Å². The number of aromatic hydroxyl groups is 1. The number of benzene rings is 1. The molecule has 0 aliphatic rings. The first kappa shape index (κ1) is 15.0. The molecule has 2 heterocycles. The van der Waals surface area contributed by atoms with E-state index in [1.807, 2.05) is 0 Å². The van der Waals surface area contributed by atoms with Crippen molar-refractivity contribution in [1.29, 1.82) is 0 Å². The van der Waals surface area contributed by atoms with Gasteiger partial charge in [0, 0.05) is 7.05 Å². The number of phenols is 1. The minimum Gasteiger partial charge on any atom is -0.506 e. The van der Waals surface area contributed by atoms with Gasteiger partial charge in [-0.2, -0.15) is 5.10 Å². The Balaban J connectivity index is 2.02. The molecular formula is C14H10Br2N4O2. The molecule has 0 unspecified atom stereocenters. The van der Waals surface area contributed by atoms with Crippen molar-refractivity contribution in [2.24, 2.45) is 7.05 Å². The number of aryl methyl sites for hydroxylation is 1. The van der Waals surface area contributed by atoms with Gasteiger partial charge in [0.05, 0.1) is 15.1 Å². The van der Waals surface area contributed by atoms with Crippen LogP contribution in [0.2, 0.25) is 0 Å². The van der Waals surface area contributed by atoms with Crippen LogP contribution in [-0.4, -0.2) is 24.9 Å². The van der Waals surface area contributed by atoms with Crippen molar-refractivity contribution < 1.29 is 5.11 Å². The van der Waals surface area contributed by atoms with Crippen LogP contribution in [0.15, 0.2) is 32.1 Å². The van der Waals surface area contributed by atoms with Gasteiger partial charge in [0.2, 0.25) is 0 Å². The Labute approximate surface area is 141 Å². The van der Waals surface area contributed by atoms with Gasteiger partial charge in [-0.25, -0.2) is 4.98 Å². The minimum atomic E-state index is -0.231. The predicted octanol–water partition coefficient (Wildman–Crippen LogP) is 3.06. The Bertz CT molecular complexity index is 936. The van der Waals surface area contributed by atoms with E-state index in [1.54, 1.807) is 36.0 Å². The summed E-state index contributed by atoms with van der Waals surface area (Å²) in [5.41, 5.74) is 1.13. The number of aromatic amines is 1. The number of aromatic nitrogens is 4. The molecule has 0 fully saturated rings. The lowest BCUT2D eigenvalue weighted by Crippen LogP contribution is -2.09. The molecule has 3 aromatic rings. The van der Waals surface area contributed by atoms with Crippen molar-refractivity contribution in [3.63, 3.8) is 0 Å². The van der Waals surface area contributed by atoms with Crippen LogP contribution in [0.25, 0.3) is 23.2 Å². The lowest BCUT2D eigenvalue weighted by molar-refractivity contribution is 0.468. The molecule has 0 aliphatic heterocycles. The van der Waals surface area contributed by atoms with E-state index in [9.17, 15) is 9.90 Å². The second-order valence-electron chi connectivity index (χ2n) is 4.62. The maximum atomic E-state index is 11.9. The van der Waals surface area contributed by atoms with E-state index in [-0.39, 0.29) is 11.3 Å². The number of fused-ring (bicyclic) bond motifs is 1. The van der Waals surface area contributed by atoms with Gasteiger partial charge in [0.25, 0.3) is 5.56 Å². The van der Waals surface area contributed by atoms with E-state index >= 15 is 0 Å². The fourth-order valence-electron chi connectivity index (χ4n) is 1.98.